The molecule has 1 fully saturated rings. The molecule has 4 heteroatoms. The Bertz CT molecular complexity index is 402. The quantitative estimate of drug-likeness (QED) is 0.795. The number of carbonyl (C=O) groups is 1. The van der Waals surface area contributed by atoms with Gasteiger partial charge in [0.25, 0.3) is 5.91 Å². The van der Waals surface area contributed by atoms with E-state index in [1.54, 1.807) is 0 Å². The summed E-state index contributed by atoms with van der Waals surface area (Å²) >= 11 is 5.36. The van der Waals surface area contributed by atoms with Gasteiger partial charge in [-0.25, -0.2) is 0 Å². The van der Waals surface area contributed by atoms with Crippen LogP contribution in [0.5, 0.6) is 0 Å². The van der Waals surface area contributed by atoms with Crippen LogP contribution in [-0.4, -0.2) is 35.4 Å². The number of nitrogens with zero attached hydrogens (tertiary/aromatic N) is 1. The lowest BCUT2D eigenvalue weighted by Crippen LogP contribution is -2.38. The van der Waals surface area contributed by atoms with Gasteiger partial charge in [-0.05, 0) is 35.0 Å². The lowest BCUT2D eigenvalue weighted by Gasteiger charge is -2.26. The van der Waals surface area contributed by atoms with E-state index in [1.807, 2.05) is 41.8 Å². The van der Waals surface area contributed by atoms with Gasteiger partial charge in [0.05, 0.1) is 5.56 Å². The molecule has 0 bridgehead atoms. The molecule has 86 valence electrons. The number of aryl methyl sites for hydroxylation is 1. The predicted molar refractivity (Wildman–Crippen MR) is 72.1 cm³/mol. The van der Waals surface area contributed by atoms with E-state index in [0.29, 0.717) is 0 Å². The fourth-order valence-electron chi connectivity index (χ4n) is 1.74. The first-order chi connectivity index (χ1) is 7.68. The molecular formula is C12H14BrNOS. The van der Waals surface area contributed by atoms with Gasteiger partial charge < -0.3 is 4.90 Å². The van der Waals surface area contributed by atoms with Crippen LogP contribution >= 0.6 is 27.7 Å². The molecule has 1 aliphatic rings. The van der Waals surface area contributed by atoms with E-state index in [0.717, 1.165) is 40.2 Å². The first-order valence-corrected chi connectivity index (χ1v) is 7.26. The molecular weight excluding hydrogens is 286 g/mol. The minimum Gasteiger partial charge on any atom is -0.337 e. The fraction of sp³-hybridized carbons (Fsp3) is 0.417. The monoisotopic (exact) mass is 299 g/mol. The molecule has 0 spiro atoms. The summed E-state index contributed by atoms with van der Waals surface area (Å²) in [4.78, 5) is 14.2. The van der Waals surface area contributed by atoms with Crippen LogP contribution < -0.4 is 0 Å². The van der Waals surface area contributed by atoms with Gasteiger partial charge in [-0.1, -0.05) is 11.6 Å². The van der Waals surface area contributed by atoms with E-state index < -0.39 is 0 Å². The van der Waals surface area contributed by atoms with Crippen LogP contribution in [0.15, 0.2) is 22.7 Å². The molecule has 0 atom stereocenters. The van der Waals surface area contributed by atoms with Crippen molar-refractivity contribution in [1.82, 2.24) is 4.90 Å². The molecule has 0 radical (unpaired) electrons. The van der Waals surface area contributed by atoms with Gasteiger partial charge in [-0.3, -0.25) is 4.79 Å². The highest BCUT2D eigenvalue weighted by Crippen LogP contribution is 2.21. The van der Waals surface area contributed by atoms with Crippen LogP contribution in [0.4, 0.5) is 0 Å². The maximum absolute atomic E-state index is 12.3. The molecule has 1 aliphatic heterocycles. The summed E-state index contributed by atoms with van der Waals surface area (Å²) in [6.45, 7) is 3.74. The average Bonchev–Trinajstić information content (AvgIpc) is 2.32. The molecule has 1 amide bonds. The largest absolute Gasteiger partial charge is 0.337 e. The Labute approximate surface area is 109 Å². The van der Waals surface area contributed by atoms with Gasteiger partial charge >= 0.3 is 0 Å². The SMILES string of the molecule is Cc1ccc(Br)c(C(=O)N2CCSCC2)c1. The zero-order chi connectivity index (χ0) is 11.5. The number of thioether (sulfide) groups is 1. The van der Waals surface area contributed by atoms with Crippen LogP contribution in [0.2, 0.25) is 0 Å². The maximum Gasteiger partial charge on any atom is 0.255 e. The first-order valence-electron chi connectivity index (χ1n) is 5.31. The summed E-state index contributed by atoms with van der Waals surface area (Å²) in [5.41, 5.74) is 1.91. The van der Waals surface area contributed by atoms with Crippen LogP contribution in [0, 0.1) is 6.92 Å². The number of amides is 1. The number of benzene rings is 1. The van der Waals surface area contributed by atoms with E-state index in [2.05, 4.69) is 15.9 Å². The lowest BCUT2D eigenvalue weighted by atomic mass is 10.1. The number of carbonyl (C=O) groups excluding carboxylic acids is 1. The third-order valence-electron chi connectivity index (χ3n) is 2.65. The van der Waals surface area contributed by atoms with Crippen molar-refractivity contribution in [3.8, 4) is 0 Å². The second kappa shape index (κ2) is 5.23. The van der Waals surface area contributed by atoms with Crippen molar-refractivity contribution >= 4 is 33.6 Å². The summed E-state index contributed by atoms with van der Waals surface area (Å²) in [7, 11) is 0. The highest BCUT2D eigenvalue weighted by atomic mass is 79.9. The minimum absolute atomic E-state index is 0.149. The first kappa shape index (κ1) is 12.0. The Hall–Kier alpha value is -0.480. The number of hydrogen-bond donors (Lipinski definition) is 0. The van der Waals surface area contributed by atoms with Crippen molar-refractivity contribution in [3.63, 3.8) is 0 Å². The fourth-order valence-corrected chi connectivity index (χ4v) is 3.06. The van der Waals surface area contributed by atoms with E-state index in [-0.39, 0.29) is 5.91 Å². The molecule has 0 unspecified atom stereocenters. The van der Waals surface area contributed by atoms with Gasteiger partial charge in [-0.2, -0.15) is 11.8 Å². The van der Waals surface area contributed by atoms with Gasteiger partial charge in [0.2, 0.25) is 0 Å². The Morgan fingerprint density at radius 3 is 2.75 bits per heavy atom. The molecule has 0 aromatic heterocycles. The van der Waals surface area contributed by atoms with E-state index in [1.165, 1.54) is 0 Å². The van der Waals surface area contributed by atoms with Crippen LogP contribution in [0.25, 0.3) is 0 Å². The highest BCUT2D eigenvalue weighted by Gasteiger charge is 2.20. The third-order valence-corrected chi connectivity index (χ3v) is 4.28. The number of hydrogen-bond acceptors (Lipinski definition) is 2. The average molecular weight is 300 g/mol. The van der Waals surface area contributed by atoms with Crippen LogP contribution in [-0.2, 0) is 0 Å². The summed E-state index contributed by atoms with van der Waals surface area (Å²) in [5.74, 6) is 2.25. The molecule has 16 heavy (non-hydrogen) atoms. The molecule has 1 saturated heterocycles. The minimum atomic E-state index is 0.149. The van der Waals surface area contributed by atoms with Crippen molar-refractivity contribution in [1.29, 1.82) is 0 Å². The zero-order valence-corrected chi connectivity index (χ0v) is 11.6. The maximum atomic E-state index is 12.3. The van der Waals surface area contributed by atoms with Crippen molar-refractivity contribution < 1.29 is 4.79 Å². The third kappa shape index (κ3) is 2.61. The van der Waals surface area contributed by atoms with Gasteiger partial charge in [0.1, 0.15) is 0 Å². The van der Waals surface area contributed by atoms with E-state index >= 15 is 0 Å². The van der Waals surface area contributed by atoms with Gasteiger partial charge in [0, 0.05) is 29.1 Å². The van der Waals surface area contributed by atoms with Crippen LogP contribution in [0.1, 0.15) is 15.9 Å². The summed E-state index contributed by atoms with van der Waals surface area (Å²) in [6, 6.07) is 5.91. The summed E-state index contributed by atoms with van der Waals surface area (Å²) in [6.07, 6.45) is 0. The molecule has 0 saturated carbocycles. The molecule has 2 rings (SSSR count). The molecule has 2 nitrogen and oxygen atoms in total. The zero-order valence-electron chi connectivity index (χ0n) is 9.20. The highest BCUT2D eigenvalue weighted by molar-refractivity contribution is 9.10. The smallest absolute Gasteiger partial charge is 0.255 e. The van der Waals surface area contributed by atoms with Crippen molar-refractivity contribution in [2.45, 2.75) is 6.92 Å². The number of halogens is 1. The van der Waals surface area contributed by atoms with Gasteiger partial charge in [0.15, 0.2) is 0 Å². The molecule has 0 N–H and O–H groups in total. The van der Waals surface area contributed by atoms with Crippen LogP contribution in [0.3, 0.4) is 0 Å². The molecule has 1 heterocycles. The molecule has 1 aromatic carbocycles. The molecule has 1 aromatic rings. The normalized spacial score (nSPS) is 16.2. The Morgan fingerprint density at radius 2 is 2.06 bits per heavy atom. The Morgan fingerprint density at radius 1 is 1.38 bits per heavy atom. The van der Waals surface area contributed by atoms with E-state index in [9.17, 15) is 4.79 Å². The van der Waals surface area contributed by atoms with Crippen molar-refractivity contribution in [2.24, 2.45) is 0 Å². The summed E-state index contributed by atoms with van der Waals surface area (Å²) < 4.78 is 0.890. The van der Waals surface area contributed by atoms with Crippen molar-refractivity contribution in [3.05, 3.63) is 33.8 Å². The van der Waals surface area contributed by atoms with Gasteiger partial charge in [-0.15, -0.1) is 0 Å². The second-order valence-electron chi connectivity index (χ2n) is 3.89. The Balaban J connectivity index is 2.22. The molecule has 0 aliphatic carbocycles. The number of rotatable bonds is 1. The van der Waals surface area contributed by atoms with E-state index in [4.69, 9.17) is 0 Å². The van der Waals surface area contributed by atoms with Crippen molar-refractivity contribution in [2.75, 3.05) is 24.6 Å². The topological polar surface area (TPSA) is 20.3 Å². The second-order valence-corrected chi connectivity index (χ2v) is 5.97. The lowest BCUT2D eigenvalue weighted by molar-refractivity contribution is 0.0771. The Kier molecular flexibility index (Phi) is 3.92. The standard InChI is InChI=1S/C12H14BrNOS/c1-9-2-3-11(13)10(8-9)12(15)14-4-6-16-7-5-14/h2-3,8H,4-7H2,1H3. The predicted octanol–water partition coefficient (Wildman–Crippen LogP) is 2.95. The summed E-state index contributed by atoms with van der Waals surface area (Å²) in [5, 5.41) is 0.